The van der Waals surface area contributed by atoms with E-state index in [1.54, 1.807) is 30.3 Å². The Morgan fingerprint density at radius 1 is 1.32 bits per heavy atom. The first-order chi connectivity index (χ1) is 12.1. The summed E-state index contributed by atoms with van der Waals surface area (Å²) in [6, 6.07) is 10.9. The fourth-order valence-corrected chi connectivity index (χ4v) is 3.01. The van der Waals surface area contributed by atoms with Gasteiger partial charge in [-0.25, -0.2) is 9.38 Å². The number of phenols is 1. The van der Waals surface area contributed by atoms with Crippen LogP contribution in [0.15, 0.2) is 52.4 Å². The monoisotopic (exact) mass is 358 g/mol. The van der Waals surface area contributed by atoms with Crippen molar-refractivity contribution in [2.75, 3.05) is 6.61 Å². The number of hydrogen-bond acceptors (Lipinski definition) is 5. The van der Waals surface area contributed by atoms with Crippen LogP contribution in [-0.4, -0.2) is 22.8 Å². The van der Waals surface area contributed by atoms with Crippen molar-refractivity contribution in [1.82, 2.24) is 5.32 Å². The number of amidine groups is 1. The minimum Gasteiger partial charge on any atom is -0.504 e. The Balaban J connectivity index is 1.84. The molecule has 3 rings (SSSR count). The first kappa shape index (κ1) is 17.0. The van der Waals surface area contributed by atoms with Crippen LogP contribution in [0.5, 0.6) is 11.5 Å². The highest BCUT2D eigenvalue weighted by atomic mass is 32.2. The van der Waals surface area contributed by atoms with Gasteiger partial charge >= 0.3 is 0 Å². The van der Waals surface area contributed by atoms with E-state index in [-0.39, 0.29) is 17.3 Å². The third-order valence-electron chi connectivity index (χ3n) is 3.31. The van der Waals surface area contributed by atoms with E-state index in [2.05, 4.69) is 10.3 Å². The van der Waals surface area contributed by atoms with Crippen molar-refractivity contribution in [3.8, 4) is 11.5 Å². The quantitative estimate of drug-likeness (QED) is 0.815. The summed E-state index contributed by atoms with van der Waals surface area (Å²) < 4.78 is 19.0. The van der Waals surface area contributed by atoms with Crippen LogP contribution in [0.2, 0.25) is 0 Å². The molecule has 1 fully saturated rings. The van der Waals surface area contributed by atoms with E-state index in [0.29, 0.717) is 28.0 Å². The minimum atomic E-state index is -0.456. The van der Waals surface area contributed by atoms with Crippen LogP contribution in [0.1, 0.15) is 12.5 Å². The van der Waals surface area contributed by atoms with E-state index in [0.717, 1.165) is 11.8 Å². The molecule has 25 heavy (non-hydrogen) atoms. The number of thioether (sulfide) groups is 1. The molecule has 5 nitrogen and oxygen atoms in total. The van der Waals surface area contributed by atoms with E-state index < -0.39 is 5.82 Å². The first-order valence-corrected chi connectivity index (χ1v) is 8.38. The van der Waals surface area contributed by atoms with Crippen LogP contribution < -0.4 is 10.1 Å². The average Bonchev–Trinajstić information content (AvgIpc) is 2.92. The molecule has 1 aliphatic rings. The lowest BCUT2D eigenvalue weighted by Crippen LogP contribution is -2.19. The van der Waals surface area contributed by atoms with Crippen molar-refractivity contribution in [3.63, 3.8) is 0 Å². The predicted octanol–water partition coefficient (Wildman–Crippen LogP) is 3.82. The van der Waals surface area contributed by atoms with E-state index in [9.17, 15) is 14.3 Å². The Kier molecular flexibility index (Phi) is 5.04. The van der Waals surface area contributed by atoms with Crippen LogP contribution in [0.25, 0.3) is 6.08 Å². The number of aliphatic imine (C=N–C) groups is 1. The highest BCUT2D eigenvalue weighted by molar-refractivity contribution is 8.18. The molecule has 0 atom stereocenters. The number of nitrogens with one attached hydrogen (secondary N) is 1. The molecular formula is C18H15FN2O3S. The third kappa shape index (κ3) is 4.00. The minimum absolute atomic E-state index is 0.0364. The van der Waals surface area contributed by atoms with Crippen molar-refractivity contribution >= 4 is 34.6 Å². The van der Waals surface area contributed by atoms with Gasteiger partial charge in [-0.3, -0.25) is 4.79 Å². The lowest BCUT2D eigenvalue weighted by Gasteiger charge is -2.06. The number of benzene rings is 2. The number of nitrogens with zero attached hydrogens (tertiary/aromatic N) is 1. The first-order valence-electron chi connectivity index (χ1n) is 7.56. The maximum Gasteiger partial charge on any atom is 0.264 e. The van der Waals surface area contributed by atoms with Gasteiger partial charge in [-0.15, -0.1) is 0 Å². The number of carbonyl (C=O) groups is 1. The molecule has 0 aromatic heterocycles. The zero-order chi connectivity index (χ0) is 17.8. The molecule has 2 N–H and O–H groups in total. The van der Waals surface area contributed by atoms with Gasteiger partial charge in [-0.2, -0.15) is 0 Å². The second-order valence-corrected chi connectivity index (χ2v) is 6.12. The summed E-state index contributed by atoms with van der Waals surface area (Å²) in [4.78, 5) is 16.6. The van der Waals surface area contributed by atoms with Gasteiger partial charge in [0.25, 0.3) is 5.91 Å². The van der Waals surface area contributed by atoms with Crippen LogP contribution in [0.4, 0.5) is 10.1 Å². The van der Waals surface area contributed by atoms with Gasteiger partial charge in [0.1, 0.15) is 11.5 Å². The highest BCUT2D eigenvalue weighted by Gasteiger charge is 2.24. The summed E-state index contributed by atoms with van der Waals surface area (Å²) in [6.45, 7) is 2.23. The van der Waals surface area contributed by atoms with Gasteiger partial charge in [0, 0.05) is 0 Å². The molecule has 0 unspecified atom stereocenters. The maximum atomic E-state index is 13.7. The molecule has 1 saturated heterocycles. The molecule has 1 aliphatic heterocycles. The van der Waals surface area contributed by atoms with Crippen LogP contribution in [0.3, 0.4) is 0 Å². The van der Waals surface area contributed by atoms with Crippen LogP contribution in [-0.2, 0) is 4.79 Å². The molecule has 2 aromatic carbocycles. The largest absolute Gasteiger partial charge is 0.504 e. The topological polar surface area (TPSA) is 70.9 Å². The van der Waals surface area contributed by atoms with Crippen molar-refractivity contribution in [1.29, 1.82) is 0 Å². The number of halogens is 1. The summed E-state index contributed by atoms with van der Waals surface area (Å²) in [6.07, 6.45) is 1.66. The molecule has 0 bridgehead atoms. The van der Waals surface area contributed by atoms with Gasteiger partial charge < -0.3 is 15.2 Å². The Morgan fingerprint density at radius 2 is 2.12 bits per heavy atom. The summed E-state index contributed by atoms with van der Waals surface area (Å²) in [5.41, 5.74) is 0.862. The smallest absolute Gasteiger partial charge is 0.264 e. The summed E-state index contributed by atoms with van der Waals surface area (Å²) in [7, 11) is 0. The van der Waals surface area contributed by atoms with Gasteiger partial charge in [-0.1, -0.05) is 18.2 Å². The zero-order valence-corrected chi connectivity index (χ0v) is 14.1. The van der Waals surface area contributed by atoms with Crippen molar-refractivity contribution < 1.29 is 19.0 Å². The second-order valence-electron chi connectivity index (χ2n) is 5.09. The Labute approximate surface area is 148 Å². The molecule has 2 aromatic rings. The van der Waals surface area contributed by atoms with Crippen molar-refractivity contribution in [2.45, 2.75) is 6.92 Å². The molecule has 0 radical (unpaired) electrons. The molecule has 0 saturated carbocycles. The molecular weight excluding hydrogens is 343 g/mol. The fraction of sp³-hybridized carbons (Fsp3) is 0.111. The lowest BCUT2D eigenvalue weighted by molar-refractivity contribution is -0.115. The number of rotatable bonds is 4. The predicted molar refractivity (Wildman–Crippen MR) is 96.5 cm³/mol. The Bertz CT molecular complexity index is 880. The Hall–Kier alpha value is -2.80. The van der Waals surface area contributed by atoms with Gasteiger partial charge in [0.15, 0.2) is 16.7 Å². The summed E-state index contributed by atoms with van der Waals surface area (Å²) in [5, 5.41) is 12.6. The number of aromatic hydroxyl groups is 1. The molecule has 1 heterocycles. The second kappa shape index (κ2) is 7.40. The van der Waals surface area contributed by atoms with Gasteiger partial charge in [0.05, 0.1) is 11.5 Å². The highest BCUT2D eigenvalue weighted by Crippen LogP contribution is 2.32. The van der Waals surface area contributed by atoms with Crippen LogP contribution in [0, 0.1) is 5.82 Å². The lowest BCUT2D eigenvalue weighted by atomic mass is 10.2. The zero-order valence-electron chi connectivity index (χ0n) is 13.3. The fourth-order valence-electron chi connectivity index (χ4n) is 2.18. The molecule has 128 valence electrons. The molecule has 0 aliphatic carbocycles. The number of ether oxygens (including phenoxy) is 1. The standard InChI is InChI=1S/C18H15FN2O3S/c1-2-24-15-9-11(7-8-14(15)22)10-16-17(23)21-18(25-16)20-13-6-4-3-5-12(13)19/h3-10,22H,2H2,1H3,(H,20,21,23)/b16-10-. The number of para-hydroxylation sites is 1. The van der Waals surface area contributed by atoms with Gasteiger partial charge in [-0.05, 0) is 54.6 Å². The third-order valence-corrected chi connectivity index (χ3v) is 4.22. The molecule has 1 amide bonds. The van der Waals surface area contributed by atoms with Crippen molar-refractivity contribution in [3.05, 3.63) is 58.8 Å². The summed E-state index contributed by atoms with van der Waals surface area (Å²) in [5.74, 6) is -0.386. The number of hydrogen-bond donors (Lipinski definition) is 2. The maximum absolute atomic E-state index is 13.7. The number of carbonyl (C=O) groups excluding carboxylic acids is 1. The SMILES string of the molecule is CCOc1cc(/C=C2\SC(=Nc3ccccc3F)NC2=O)ccc1O. The van der Waals surface area contributed by atoms with E-state index in [1.165, 1.54) is 18.2 Å². The molecule has 0 spiro atoms. The average molecular weight is 358 g/mol. The van der Waals surface area contributed by atoms with Crippen LogP contribution >= 0.6 is 11.8 Å². The van der Waals surface area contributed by atoms with E-state index >= 15 is 0 Å². The number of phenolic OH excluding ortho intramolecular Hbond substituents is 1. The van der Waals surface area contributed by atoms with E-state index in [4.69, 9.17) is 4.74 Å². The van der Waals surface area contributed by atoms with Gasteiger partial charge in [0.2, 0.25) is 0 Å². The normalized spacial score (nSPS) is 17.1. The summed E-state index contributed by atoms with van der Waals surface area (Å²) >= 11 is 1.12. The van der Waals surface area contributed by atoms with E-state index in [1.807, 2.05) is 6.92 Å². The number of amides is 1. The van der Waals surface area contributed by atoms with Crippen molar-refractivity contribution in [2.24, 2.45) is 4.99 Å². The molecule has 7 heteroatoms. The Morgan fingerprint density at radius 3 is 2.88 bits per heavy atom.